The third kappa shape index (κ3) is 4.31. The molecule has 2 unspecified atom stereocenters. The number of piperazine rings is 1. The number of halogens is 1. The van der Waals surface area contributed by atoms with Gasteiger partial charge in [-0.1, -0.05) is 36.4 Å². The first-order valence-electron chi connectivity index (χ1n) is 9.08. The second-order valence-corrected chi connectivity index (χ2v) is 6.87. The Morgan fingerprint density at radius 2 is 1.54 bits per heavy atom. The van der Waals surface area contributed by atoms with Gasteiger partial charge in [0.05, 0.1) is 6.61 Å². The number of ether oxygens (including phenoxy) is 1. The molecule has 1 aliphatic carbocycles. The Hall–Kier alpha value is -2.20. The van der Waals surface area contributed by atoms with Gasteiger partial charge in [0, 0.05) is 43.7 Å². The molecule has 2 aromatic rings. The summed E-state index contributed by atoms with van der Waals surface area (Å²) in [5.74, 6) is 1.73. The predicted octanol–water partition coefficient (Wildman–Crippen LogP) is 3.47. The van der Waals surface area contributed by atoms with E-state index in [0.29, 0.717) is 18.4 Å². The molecular formula is C21H25ClN2O2. The molecule has 4 rings (SSSR count). The molecule has 4 nitrogen and oxygen atoms in total. The Balaban J connectivity index is 0.00000196. The smallest absolute Gasteiger partial charge is 0.226 e. The molecule has 26 heavy (non-hydrogen) atoms. The van der Waals surface area contributed by atoms with Crippen molar-refractivity contribution in [2.24, 2.45) is 11.8 Å². The molecule has 1 saturated heterocycles. The SMILES string of the molecule is Cl.O=C(C1CC1COc1ccccc1)N1CCN(c2ccccc2)CC1. The summed E-state index contributed by atoms with van der Waals surface area (Å²) >= 11 is 0. The zero-order valence-electron chi connectivity index (χ0n) is 14.8. The van der Waals surface area contributed by atoms with Crippen LogP contribution in [0.15, 0.2) is 60.7 Å². The van der Waals surface area contributed by atoms with E-state index in [4.69, 9.17) is 4.74 Å². The molecule has 2 fully saturated rings. The number of hydrogen-bond acceptors (Lipinski definition) is 3. The number of carbonyl (C=O) groups is 1. The van der Waals surface area contributed by atoms with Gasteiger partial charge in [-0.2, -0.15) is 0 Å². The number of anilines is 1. The number of amides is 1. The highest BCUT2D eigenvalue weighted by atomic mass is 35.5. The zero-order chi connectivity index (χ0) is 17.1. The van der Waals surface area contributed by atoms with E-state index in [1.165, 1.54) is 5.69 Å². The van der Waals surface area contributed by atoms with Crippen molar-refractivity contribution in [3.05, 3.63) is 60.7 Å². The van der Waals surface area contributed by atoms with Gasteiger partial charge < -0.3 is 14.5 Å². The van der Waals surface area contributed by atoms with Gasteiger partial charge in [0.25, 0.3) is 0 Å². The van der Waals surface area contributed by atoms with Crippen LogP contribution in [0.5, 0.6) is 5.75 Å². The molecule has 138 valence electrons. The maximum absolute atomic E-state index is 12.7. The van der Waals surface area contributed by atoms with Gasteiger partial charge in [-0.05, 0) is 30.7 Å². The van der Waals surface area contributed by atoms with Crippen molar-refractivity contribution in [2.75, 3.05) is 37.7 Å². The van der Waals surface area contributed by atoms with E-state index >= 15 is 0 Å². The first-order valence-corrected chi connectivity index (χ1v) is 9.08. The lowest BCUT2D eigenvalue weighted by Gasteiger charge is -2.36. The highest BCUT2D eigenvalue weighted by molar-refractivity contribution is 5.85. The average molecular weight is 373 g/mol. The summed E-state index contributed by atoms with van der Waals surface area (Å²) in [7, 11) is 0. The van der Waals surface area contributed by atoms with Crippen LogP contribution < -0.4 is 9.64 Å². The van der Waals surface area contributed by atoms with Crippen molar-refractivity contribution in [1.29, 1.82) is 0 Å². The van der Waals surface area contributed by atoms with Gasteiger partial charge in [-0.3, -0.25) is 4.79 Å². The minimum atomic E-state index is 0. The third-order valence-corrected chi connectivity index (χ3v) is 5.16. The fourth-order valence-corrected chi connectivity index (χ4v) is 3.51. The van der Waals surface area contributed by atoms with E-state index in [2.05, 4.69) is 29.2 Å². The van der Waals surface area contributed by atoms with Crippen LogP contribution in [0.25, 0.3) is 0 Å². The van der Waals surface area contributed by atoms with Crippen molar-refractivity contribution in [1.82, 2.24) is 4.90 Å². The van der Waals surface area contributed by atoms with Gasteiger partial charge in [0.1, 0.15) is 5.75 Å². The second-order valence-electron chi connectivity index (χ2n) is 6.87. The van der Waals surface area contributed by atoms with Crippen LogP contribution in [0, 0.1) is 11.8 Å². The van der Waals surface area contributed by atoms with Crippen molar-refractivity contribution in [3.63, 3.8) is 0 Å². The van der Waals surface area contributed by atoms with Crippen molar-refractivity contribution >= 4 is 24.0 Å². The number of hydrogen-bond donors (Lipinski definition) is 0. The third-order valence-electron chi connectivity index (χ3n) is 5.16. The van der Waals surface area contributed by atoms with Crippen molar-refractivity contribution in [3.8, 4) is 5.75 Å². The number of rotatable bonds is 5. The number of benzene rings is 2. The molecular weight excluding hydrogens is 348 g/mol. The molecule has 2 atom stereocenters. The molecule has 0 radical (unpaired) electrons. The Morgan fingerprint density at radius 1 is 0.923 bits per heavy atom. The summed E-state index contributed by atoms with van der Waals surface area (Å²) in [6, 6.07) is 20.3. The normalized spacial score (nSPS) is 21.7. The quantitative estimate of drug-likeness (QED) is 0.805. The summed E-state index contributed by atoms with van der Waals surface area (Å²) in [6.45, 7) is 4.10. The van der Waals surface area contributed by atoms with Crippen LogP contribution >= 0.6 is 12.4 Å². The summed E-state index contributed by atoms with van der Waals surface area (Å²) in [5.41, 5.74) is 1.25. The van der Waals surface area contributed by atoms with Crippen LogP contribution in [0.4, 0.5) is 5.69 Å². The van der Waals surface area contributed by atoms with Gasteiger partial charge in [-0.15, -0.1) is 12.4 Å². The van der Waals surface area contributed by atoms with Crippen LogP contribution in [0.2, 0.25) is 0 Å². The lowest BCUT2D eigenvalue weighted by atomic mass is 10.2. The molecule has 1 amide bonds. The average Bonchev–Trinajstić information content (AvgIpc) is 3.47. The lowest BCUT2D eigenvalue weighted by molar-refractivity contribution is -0.133. The predicted molar refractivity (Wildman–Crippen MR) is 106 cm³/mol. The molecule has 0 bridgehead atoms. The van der Waals surface area contributed by atoms with Crippen molar-refractivity contribution in [2.45, 2.75) is 6.42 Å². The van der Waals surface area contributed by atoms with E-state index in [9.17, 15) is 4.79 Å². The lowest BCUT2D eigenvalue weighted by Crippen LogP contribution is -2.49. The minimum Gasteiger partial charge on any atom is -0.493 e. The first-order chi connectivity index (χ1) is 12.3. The molecule has 2 aliphatic rings. The standard InChI is InChI=1S/C21H24N2O2.ClH/c24-21(20-15-17(20)16-25-19-9-5-2-6-10-19)23-13-11-22(12-14-23)18-7-3-1-4-8-18;/h1-10,17,20H,11-16H2;1H. The van der Waals surface area contributed by atoms with E-state index < -0.39 is 0 Å². The van der Waals surface area contributed by atoms with E-state index in [1.54, 1.807) is 0 Å². The first kappa shape index (κ1) is 18.6. The molecule has 1 aliphatic heterocycles. The molecule has 5 heteroatoms. The van der Waals surface area contributed by atoms with Gasteiger partial charge in [-0.25, -0.2) is 0 Å². The molecule has 2 aromatic carbocycles. The summed E-state index contributed by atoms with van der Waals surface area (Å²) < 4.78 is 5.79. The van der Waals surface area contributed by atoms with Gasteiger partial charge >= 0.3 is 0 Å². The number of carbonyl (C=O) groups excluding carboxylic acids is 1. The van der Waals surface area contributed by atoms with Crippen LogP contribution in [-0.4, -0.2) is 43.6 Å². The fourth-order valence-electron chi connectivity index (χ4n) is 3.51. The highest BCUT2D eigenvalue weighted by Gasteiger charge is 2.45. The van der Waals surface area contributed by atoms with E-state index in [0.717, 1.165) is 38.3 Å². The van der Waals surface area contributed by atoms with Gasteiger partial charge in [0.2, 0.25) is 5.91 Å². The maximum atomic E-state index is 12.7. The Morgan fingerprint density at radius 3 is 2.19 bits per heavy atom. The zero-order valence-corrected chi connectivity index (χ0v) is 15.6. The van der Waals surface area contributed by atoms with Gasteiger partial charge in [0.15, 0.2) is 0 Å². The molecule has 1 saturated carbocycles. The van der Waals surface area contributed by atoms with E-state index in [-0.39, 0.29) is 18.3 Å². The van der Waals surface area contributed by atoms with Crippen LogP contribution in [0.1, 0.15) is 6.42 Å². The maximum Gasteiger partial charge on any atom is 0.226 e. The number of para-hydroxylation sites is 2. The monoisotopic (exact) mass is 372 g/mol. The molecule has 0 spiro atoms. The number of nitrogens with zero attached hydrogens (tertiary/aromatic N) is 2. The summed E-state index contributed by atoms with van der Waals surface area (Å²) in [4.78, 5) is 17.1. The Labute approximate surface area is 161 Å². The second kappa shape index (κ2) is 8.45. The molecule has 1 heterocycles. The van der Waals surface area contributed by atoms with Crippen molar-refractivity contribution < 1.29 is 9.53 Å². The topological polar surface area (TPSA) is 32.8 Å². The Bertz CT molecular complexity index is 702. The van der Waals surface area contributed by atoms with E-state index in [1.807, 2.05) is 41.3 Å². The molecule has 0 N–H and O–H groups in total. The fraction of sp³-hybridized carbons (Fsp3) is 0.381. The summed E-state index contributed by atoms with van der Waals surface area (Å²) in [6.07, 6.45) is 0.963. The summed E-state index contributed by atoms with van der Waals surface area (Å²) in [5, 5.41) is 0. The largest absolute Gasteiger partial charge is 0.493 e. The highest BCUT2D eigenvalue weighted by Crippen LogP contribution is 2.40. The Kier molecular flexibility index (Phi) is 6.04. The van der Waals surface area contributed by atoms with Crippen LogP contribution in [0.3, 0.4) is 0 Å². The molecule has 0 aromatic heterocycles. The van der Waals surface area contributed by atoms with Crippen LogP contribution in [-0.2, 0) is 4.79 Å². The minimum absolute atomic E-state index is 0.